The Morgan fingerprint density at radius 1 is 0.941 bits per heavy atom. The highest BCUT2D eigenvalue weighted by molar-refractivity contribution is 5.96. The molecule has 4 nitrogen and oxygen atoms in total. The van der Waals surface area contributed by atoms with Crippen molar-refractivity contribution < 1.29 is 19.1 Å². The van der Waals surface area contributed by atoms with Gasteiger partial charge < -0.3 is 9.47 Å². The topological polar surface area (TPSA) is 52.6 Å². The van der Waals surface area contributed by atoms with Gasteiger partial charge in [-0.25, -0.2) is 9.59 Å². The Balaban J connectivity index is 3.33. The molecule has 0 aliphatic carbocycles. The molecule has 4 heteroatoms. The maximum absolute atomic E-state index is 11.4. The van der Waals surface area contributed by atoms with Gasteiger partial charge >= 0.3 is 11.9 Å². The van der Waals surface area contributed by atoms with Crippen LogP contribution in [0.3, 0.4) is 0 Å². The van der Waals surface area contributed by atoms with E-state index >= 15 is 0 Å². The Hall–Kier alpha value is -2.10. The number of benzene rings is 1. The maximum atomic E-state index is 11.4. The zero-order valence-electron chi connectivity index (χ0n) is 10.1. The number of carbonyl (C=O) groups excluding carboxylic acids is 2. The van der Waals surface area contributed by atoms with Crippen LogP contribution in [-0.4, -0.2) is 26.2 Å². The van der Waals surface area contributed by atoms with Crippen LogP contribution in [0, 0.1) is 0 Å². The standard InChI is InChI=1S/C13H14O4/c1-8(2)9-5-10(12(14)16-3)7-11(6-9)13(15)17-4/h5-7H,1H2,2-4H3. The quantitative estimate of drug-likeness (QED) is 0.753. The van der Waals surface area contributed by atoms with Crippen LogP contribution in [0.1, 0.15) is 33.2 Å². The number of hydrogen-bond donors (Lipinski definition) is 0. The molecular weight excluding hydrogens is 220 g/mol. The van der Waals surface area contributed by atoms with E-state index in [4.69, 9.17) is 0 Å². The van der Waals surface area contributed by atoms with E-state index < -0.39 is 11.9 Å². The Bertz CT molecular complexity index is 440. The Labute approximate surface area is 99.8 Å². The fraction of sp³-hybridized carbons (Fsp3) is 0.231. The normalized spacial score (nSPS) is 9.59. The molecule has 1 aromatic carbocycles. The molecule has 0 heterocycles. The zero-order valence-corrected chi connectivity index (χ0v) is 10.1. The number of ether oxygens (including phenoxy) is 2. The average Bonchev–Trinajstić information content (AvgIpc) is 2.36. The van der Waals surface area contributed by atoms with E-state index in [0.717, 1.165) is 5.57 Å². The first-order valence-corrected chi connectivity index (χ1v) is 4.97. The Kier molecular flexibility index (Phi) is 4.04. The lowest BCUT2D eigenvalue weighted by Gasteiger charge is -2.07. The molecule has 0 bridgehead atoms. The maximum Gasteiger partial charge on any atom is 0.337 e. The van der Waals surface area contributed by atoms with Gasteiger partial charge in [-0.1, -0.05) is 12.2 Å². The highest BCUT2D eigenvalue weighted by atomic mass is 16.5. The summed E-state index contributed by atoms with van der Waals surface area (Å²) in [6, 6.07) is 4.69. The monoisotopic (exact) mass is 234 g/mol. The van der Waals surface area contributed by atoms with Crippen LogP contribution in [0.15, 0.2) is 24.8 Å². The number of hydrogen-bond acceptors (Lipinski definition) is 4. The minimum Gasteiger partial charge on any atom is -0.465 e. The fourth-order valence-corrected chi connectivity index (χ4v) is 1.35. The summed E-state index contributed by atoms with van der Waals surface area (Å²) >= 11 is 0. The van der Waals surface area contributed by atoms with Crippen molar-refractivity contribution in [3.8, 4) is 0 Å². The molecule has 0 spiro atoms. The van der Waals surface area contributed by atoms with Gasteiger partial charge in [-0.05, 0) is 30.7 Å². The van der Waals surface area contributed by atoms with Crippen LogP contribution < -0.4 is 0 Å². The van der Waals surface area contributed by atoms with Crippen LogP contribution >= 0.6 is 0 Å². The largest absolute Gasteiger partial charge is 0.465 e. The fourth-order valence-electron chi connectivity index (χ4n) is 1.35. The van der Waals surface area contributed by atoms with Gasteiger partial charge in [0.1, 0.15) is 0 Å². The van der Waals surface area contributed by atoms with E-state index in [1.165, 1.54) is 20.3 Å². The molecule has 1 aromatic rings. The van der Waals surface area contributed by atoms with Gasteiger partial charge in [0.25, 0.3) is 0 Å². The molecule has 17 heavy (non-hydrogen) atoms. The molecule has 0 fully saturated rings. The number of carbonyl (C=O) groups is 2. The molecule has 0 atom stereocenters. The lowest BCUT2D eigenvalue weighted by Crippen LogP contribution is -2.07. The highest BCUT2D eigenvalue weighted by Gasteiger charge is 2.13. The van der Waals surface area contributed by atoms with Crippen molar-refractivity contribution >= 4 is 17.5 Å². The van der Waals surface area contributed by atoms with Crippen LogP contribution in [0.2, 0.25) is 0 Å². The summed E-state index contributed by atoms with van der Waals surface area (Å²) in [6.07, 6.45) is 0. The van der Waals surface area contributed by atoms with Crippen molar-refractivity contribution in [1.82, 2.24) is 0 Å². The van der Waals surface area contributed by atoms with Crippen molar-refractivity contribution in [2.75, 3.05) is 14.2 Å². The SMILES string of the molecule is C=C(C)c1cc(C(=O)OC)cc(C(=O)OC)c1. The lowest BCUT2D eigenvalue weighted by molar-refractivity contribution is 0.0599. The lowest BCUT2D eigenvalue weighted by atomic mass is 10.0. The second kappa shape index (κ2) is 5.30. The van der Waals surface area contributed by atoms with Crippen LogP contribution in [0.25, 0.3) is 5.57 Å². The van der Waals surface area contributed by atoms with Gasteiger partial charge in [-0.15, -0.1) is 0 Å². The molecule has 1 rings (SSSR count). The minimum absolute atomic E-state index is 0.299. The third-order valence-electron chi connectivity index (χ3n) is 2.27. The second-order valence-electron chi connectivity index (χ2n) is 3.56. The molecule has 0 aliphatic heterocycles. The van der Waals surface area contributed by atoms with E-state index in [0.29, 0.717) is 16.7 Å². The van der Waals surface area contributed by atoms with Gasteiger partial charge in [-0.2, -0.15) is 0 Å². The van der Waals surface area contributed by atoms with E-state index in [1.54, 1.807) is 19.1 Å². The van der Waals surface area contributed by atoms with Crippen molar-refractivity contribution in [2.45, 2.75) is 6.92 Å². The third-order valence-corrected chi connectivity index (χ3v) is 2.27. The van der Waals surface area contributed by atoms with Gasteiger partial charge in [0.05, 0.1) is 25.3 Å². The van der Waals surface area contributed by atoms with Gasteiger partial charge in [0, 0.05) is 0 Å². The van der Waals surface area contributed by atoms with Crippen molar-refractivity contribution in [2.24, 2.45) is 0 Å². The molecule has 90 valence electrons. The van der Waals surface area contributed by atoms with Crippen molar-refractivity contribution in [3.05, 3.63) is 41.5 Å². The second-order valence-corrected chi connectivity index (χ2v) is 3.56. The van der Waals surface area contributed by atoms with E-state index in [-0.39, 0.29) is 0 Å². The van der Waals surface area contributed by atoms with Crippen LogP contribution in [0.4, 0.5) is 0 Å². The highest BCUT2D eigenvalue weighted by Crippen LogP contribution is 2.18. The van der Waals surface area contributed by atoms with Crippen molar-refractivity contribution in [1.29, 1.82) is 0 Å². The molecule has 0 radical (unpaired) electrons. The molecular formula is C13H14O4. The van der Waals surface area contributed by atoms with Gasteiger partial charge in [-0.3, -0.25) is 0 Å². The predicted molar refractivity (Wildman–Crippen MR) is 63.8 cm³/mol. The van der Waals surface area contributed by atoms with Crippen LogP contribution in [0.5, 0.6) is 0 Å². The average molecular weight is 234 g/mol. The summed E-state index contributed by atoms with van der Waals surface area (Å²) in [6.45, 7) is 5.56. The number of rotatable bonds is 3. The van der Waals surface area contributed by atoms with Crippen LogP contribution in [-0.2, 0) is 9.47 Å². The van der Waals surface area contributed by atoms with Gasteiger partial charge in [0.2, 0.25) is 0 Å². The summed E-state index contributed by atoms with van der Waals surface area (Å²) in [5.74, 6) is -1.00. The number of esters is 2. The summed E-state index contributed by atoms with van der Waals surface area (Å²) in [5, 5.41) is 0. The molecule has 0 N–H and O–H groups in total. The molecule has 0 saturated carbocycles. The first kappa shape index (κ1) is 13.0. The smallest absolute Gasteiger partial charge is 0.337 e. The molecule has 0 aromatic heterocycles. The third kappa shape index (κ3) is 2.93. The summed E-state index contributed by atoms with van der Waals surface area (Å²) < 4.78 is 9.24. The number of methoxy groups -OCH3 is 2. The zero-order chi connectivity index (χ0) is 13.0. The first-order chi connectivity index (χ1) is 7.99. The van der Waals surface area contributed by atoms with E-state index in [1.807, 2.05) is 0 Å². The summed E-state index contributed by atoms with van der Waals surface area (Å²) in [7, 11) is 2.57. The van der Waals surface area contributed by atoms with E-state index in [9.17, 15) is 9.59 Å². The predicted octanol–water partition coefficient (Wildman–Crippen LogP) is 2.29. The number of allylic oxidation sites excluding steroid dienone is 1. The summed E-state index contributed by atoms with van der Waals surface area (Å²) in [4.78, 5) is 22.9. The van der Waals surface area contributed by atoms with Crippen molar-refractivity contribution in [3.63, 3.8) is 0 Å². The minimum atomic E-state index is -0.502. The molecule has 0 aliphatic rings. The Morgan fingerprint density at radius 2 is 1.29 bits per heavy atom. The Morgan fingerprint density at radius 3 is 1.59 bits per heavy atom. The molecule has 0 amide bonds. The van der Waals surface area contributed by atoms with Gasteiger partial charge in [0.15, 0.2) is 0 Å². The summed E-state index contributed by atoms with van der Waals surface area (Å²) in [5.41, 5.74) is 2.05. The van der Waals surface area contributed by atoms with E-state index in [2.05, 4.69) is 16.1 Å². The first-order valence-electron chi connectivity index (χ1n) is 4.97. The molecule has 0 saturated heterocycles. The molecule has 0 unspecified atom stereocenters.